The number of thioether (sulfide) groups is 1. The van der Waals surface area contributed by atoms with E-state index in [1.165, 1.54) is 12.1 Å². The average Bonchev–Trinajstić information content (AvgIpc) is 2.47. The van der Waals surface area contributed by atoms with Gasteiger partial charge in [0.2, 0.25) is 0 Å². The number of hydrogen-bond donors (Lipinski definition) is 0. The van der Waals surface area contributed by atoms with E-state index < -0.39 is 17.5 Å². The normalized spacial score (nSPS) is 11.4. The van der Waals surface area contributed by atoms with Gasteiger partial charge >= 0.3 is 6.18 Å². The van der Waals surface area contributed by atoms with Crippen LogP contribution in [-0.4, -0.2) is 11.5 Å². The highest BCUT2D eigenvalue weighted by Gasteiger charge is 2.30. The molecule has 0 aliphatic rings. The zero-order valence-corrected chi connectivity index (χ0v) is 12.1. The maximum absolute atomic E-state index is 12.7. The third-order valence-electron chi connectivity index (χ3n) is 2.88. The topological polar surface area (TPSA) is 17.1 Å². The van der Waals surface area contributed by atoms with Gasteiger partial charge in [0.15, 0.2) is 5.78 Å². The summed E-state index contributed by atoms with van der Waals surface area (Å²) in [6.07, 6.45) is -4.45. The molecule has 2 aromatic carbocycles. The Kier molecular flexibility index (Phi) is 4.73. The maximum Gasteiger partial charge on any atom is 0.416 e. The molecule has 0 saturated heterocycles. The summed E-state index contributed by atoms with van der Waals surface area (Å²) in [5.74, 6) is 0.509. The summed E-state index contributed by atoms with van der Waals surface area (Å²) in [6.45, 7) is 2.02. The van der Waals surface area contributed by atoms with Crippen molar-refractivity contribution in [3.63, 3.8) is 0 Å². The summed E-state index contributed by atoms with van der Waals surface area (Å²) in [7, 11) is 0. The lowest BCUT2D eigenvalue weighted by molar-refractivity contribution is -0.137. The van der Waals surface area contributed by atoms with Crippen molar-refractivity contribution >= 4 is 17.5 Å². The number of rotatable bonds is 4. The lowest BCUT2D eigenvalue weighted by Gasteiger charge is -2.08. The van der Waals surface area contributed by atoms with Crippen molar-refractivity contribution in [3.8, 4) is 0 Å². The van der Waals surface area contributed by atoms with E-state index in [0.717, 1.165) is 22.8 Å². The molecule has 0 aliphatic heterocycles. The van der Waals surface area contributed by atoms with Gasteiger partial charge < -0.3 is 0 Å². The molecular formula is C16H13F3OS. The van der Waals surface area contributed by atoms with Crippen molar-refractivity contribution in [1.29, 1.82) is 0 Å². The fourth-order valence-electron chi connectivity index (χ4n) is 1.87. The SMILES string of the molecule is CCSc1ccc(C(=O)c2cccc(C(F)(F)F)c2)cc1. The van der Waals surface area contributed by atoms with Gasteiger partial charge in [0.05, 0.1) is 5.56 Å². The van der Waals surface area contributed by atoms with Crippen molar-refractivity contribution in [2.24, 2.45) is 0 Å². The molecule has 2 rings (SSSR count). The molecule has 21 heavy (non-hydrogen) atoms. The molecule has 0 atom stereocenters. The Morgan fingerprint density at radius 1 is 1.05 bits per heavy atom. The van der Waals surface area contributed by atoms with Crippen LogP contribution in [0.15, 0.2) is 53.4 Å². The van der Waals surface area contributed by atoms with E-state index in [0.29, 0.717) is 5.56 Å². The highest BCUT2D eigenvalue weighted by molar-refractivity contribution is 7.99. The first kappa shape index (κ1) is 15.6. The van der Waals surface area contributed by atoms with E-state index in [2.05, 4.69) is 0 Å². The highest BCUT2D eigenvalue weighted by Crippen LogP contribution is 2.30. The monoisotopic (exact) mass is 310 g/mol. The van der Waals surface area contributed by atoms with Gasteiger partial charge in [-0.05, 0) is 42.2 Å². The van der Waals surface area contributed by atoms with Crippen LogP contribution in [0.1, 0.15) is 28.4 Å². The van der Waals surface area contributed by atoms with E-state index in [1.807, 2.05) is 6.92 Å². The Morgan fingerprint density at radius 2 is 1.71 bits per heavy atom. The van der Waals surface area contributed by atoms with E-state index in [9.17, 15) is 18.0 Å². The van der Waals surface area contributed by atoms with Gasteiger partial charge in [0.25, 0.3) is 0 Å². The smallest absolute Gasteiger partial charge is 0.289 e. The molecule has 0 unspecified atom stereocenters. The Labute approximate surface area is 125 Å². The quantitative estimate of drug-likeness (QED) is 0.581. The summed E-state index contributed by atoms with van der Waals surface area (Å²) >= 11 is 1.64. The predicted molar refractivity (Wildman–Crippen MR) is 77.7 cm³/mol. The number of carbonyl (C=O) groups is 1. The molecule has 0 bridgehead atoms. The van der Waals surface area contributed by atoms with Gasteiger partial charge in [0.1, 0.15) is 0 Å². The molecule has 0 aliphatic carbocycles. The molecule has 0 radical (unpaired) electrons. The van der Waals surface area contributed by atoms with Crippen LogP contribution >= 0.6 is 11.8 Å². The minimum Gasteiger partial charge on any atom is -0.289 e. The van der Waals surface area contributed by atoms with Gasteiger partial charge in [-0.25, -0.2) is 0 Å². The lowest BCUT2D eigenvalue weighted by atomic mass is 10.0. The molecule has 0 aromatic heterocycles. The van der Waals surface area contributed by atoms with Crippen LogP contribution in [0.3, 0.4) is 0 Å². The molecule has 0 spiro atoms. The van der Waals surface area contributed by atoms with Crippen molar-refractivity contribution in [2.75, 3.05) is 5.75 Å². The summed E-state index contributed by atoms with van der Waals surface area (Å²) in [4.78, 5) is 13.2. The first-order valence-corrected chi connectivity index (χ1v) is 7.35. The molecule has 2 aromatic rings. The minimum absolute atomic E-state index is 0.0423. The molecule has 0 saturated carbocycles. The Balaban J connectivity index is 2.27. The standard InChI is InChI=1S/C16H13F3OS/c1-2-21-14-8-6-11(7-9-14)15(20)12-4-3-5-13(10-12)16(17,18)19/h3-10H,2H2,1H3. The van der Waals surface area contributed by atoms with Crippen LogP contribution in [0, 0.1) is 0 Å². The van der Waals surface area contributed by atoms with Gasteiger partial charge in [-0.2, -0.15) is 13.2 Å². The van der Waals surface area contributed by atoms with Crippen LogP contribution in [0.25, 0.3) is 0 Å². The van der Waals surface area contributed by atoms with Crippen molar-refractivity contribution in [3.05, 3.63) is 65.2 Å². The Bertz CT molecular complexity index is 633. The van der Waals surface area contributed by atoms with Crippen LogP contribution in [0.2, 0.25) is 0 Å². The van der Waals surface area contributed by atoms with Crippen LogP contribution in [-0.2, 0) is 6.18 Å². The molecule has 0 N–H and O–H groups in total. The summed E-state index contributed by atoms with van der Waals surface area (Å²) in [5, 5.41) is 0. The first-order chi connectivity index (χ1) is 9.91. The predicted octanol–water partition coefficient (Wildman–Crippen LogP) is 5.05. The average molecular weight is 310 g/mol. The van der Waals surface area contributed by atoms with Crippen LogP contribution in [0.5, 0.6) is 0 Å². The summed E-state index contributed by atoms with van der Waals surface area (Å²) in [6, 6.07) is 11.4. The van der Waals surface area contributed by atoms with Gasteiger partial charge in [-0.15, -0.1) is 11.8 Å². The molecule has 5 heteroatoms. The van der Waals surface area contributed by atoms with Crippen molar-refractivity contribution in [2.45, 2.75) is 18.0 Å². The highest BCUT2D eigenvalue weighted by atomic mass is 32.2. The number of alkyl halides is 3. The molecule has 0 fully saturated rings. The van der Waals surface area contributed by atoms with Crippen LogP contribution < -0.4 is 0 Å². The second-order valence-corrected chi connectivity index (χ2v) is 5.70. The molecule has 0 heterocycles. The third-order valence-corrected chi connectivity index (χ3v) is 3.77. The van der Waals surface area contributed by atoms with Gasteiger partial charge in [0, 0.05) is 16.0 Å². The van der Waals surface area contributed by atoms with E-state index in [4.69, 9.17) is 0 Å². The summed E-state index contributed by atoms with van der Waals surface area (Å²) in [5.41, 5.74) is -0.387. The zero-order chi connectivity index (χ0) is 15.5. The van der Waals surface area contributed by atoms with Crippen LogP contribution in [0.4, 0.5) is 13.2 Å². The second-order valence-electron chi connectivity index (χ2n) is 4.37. The first-order valence-electron chi connectivity index (χ1n) is 6.36. The van der Waals surface area contributed by atoms with E-state index in [-0.39, 0.29) is 5.56 Å². The largest absolute Gasteiger partial charge is 0.416 e. The van der Waals surface area contributed by atoms with Crippen molar-refractivity contribution < 1.29 is 18.0 Å². The minimum atomic E-state index is -4.45. The molecule has 1 nitrogen and oxygen atoms in total. The summed E-state index contributed by atoms with van der Waals surface area (Å²) < 4.78 is 38.0. The van der Waals surface area contributed by atoms with Gasteiger partial charge in [-0.3, -0.25) is 4.79 Å². The van der Waals surface area contributed by atoms with E-state index in [1.54, 1.807) is 36.0 Å². The van der Waals surface area contributed by atoms with Crippen molar-refractivity contribution in [1.82, 2.24) is 0 Å². The Hall–Kier alpha value is -1.75. The second kappa shape index (κ2) is 6.35. The van der Waals surface area contributed by atoms with Gasteiger partial charge in [-0.1, -0.05) is 19.1 Å². The number of halogens is 3. The molecular weight excluding hydrogens is 297 g/mol. The Morgan fingerprint density at radius 3 is 2.29 bits per heavy atom. The van der Waals surface area contributed by atoms with E-state index >= 15 is 0 Å². The zero-order valence-electron chi connectivity index (χ0n) is 11.3. The molecule has 110 valence electrons. The lowest BCUT2D eigenvalue weighted by Crippen LogP contribution is -2.08. The fourth-order valence-corrected chi connectivity index (χ4v) is 2.53. The number of carbonyl (C=O) groups excluding carboxylic acids is 1. The number of hydrogen-bond acceptors (Lipinski definition) is 2. The molecule has 0 amide bonds. The fraction of sp³-hybridized carbons (Fsp3) is 0.188. The number of ketones is 1. The third kappa shape index (κ3) is 3.88. The maximum atomic E-state index is 12.7. The number of benzene rings is 2.